The Labute approximate surface area is 124 Å². The molecule has 0 unspecified atom stereocenters. The summed E-state index contributed by atoms with van der Waals surface area (Å²) >= 11 is 1.57. The molecule has 0 saturated heterocycles. The maximum absolute atomic E-state index is 13.9. The lowest BCUT2D eigenvalue weighted by atomic mass is 9.95. The number of nitrogens with one attached hydrogen (secondary N) is 1. The van der Waals surface area contributed by atoms with Crippen molar-refractivity contribution in [2.75, 3.05) is 0 Å². The zero-order valence-electron chi connectivity index (χ0n) is 12.4. The Morgan fingerprint density at radius 2 is 1.95 bits per heavy atom. The number of hydrogen-bond acceptors (Lipinski definition) is 2. The smallest absolute Gasteiger partial charge is 0.131 e. The molecule has 2 rings (SSSR count). The molecule has 0 atom stereocenters. The molecule has 108 valence electrons. The summed E-state index contributed by atoms with van der Waals surface area (Å²) in [5, 5.41) is 5.56. The Morgan fingerprint density at radius 3 is 2.55 bits per heavy atom. The number of thiophene rings is 1. The van der Waals surface area contributed by atoms with Crippen molar-refractivity contribution in [2.24, 2.45) is 0 Å². The van der Waals surface area contributed by atoms with Crippen LogP contribution in [0.3, 0.4) is 0 Å². The molecule has 0 aliphatic rings. The third-order valence-corrected chi connectivity index (χ3v) is 5.00. The molecule has 1 nitrogen and oxygen atoms in total. The lowest BCUT2D eigenvalue weighted by molar-refractivity contribution is 0.329. The number of rotatable bonds is 6. The van der Waals surface area contributed by atoms with Gasteiger partial charge in [0.25, 0.3) is 0 Å². The van der Waals surface area contributed by atoms with Gasteiger partial charge in [-0.3, -0.25) is 0 Å². The third kappa shape index (κ3) is 3.47. The van der Waals surface area contributed by atoms with Gasteiger partial charge in [0.1, 0.15) is 5.82 Å². The second-order valence-corrected chi connectivity index (χ2v) is 6.36. The van der Waals surface area contributed by atoms with Crippen LogP contribution in [0.2, 0.25) is 0 Å². The zero-order valence-corrected chi connectivity index (χ0v) is 13.2. The lowest BCUT2D eigenvalue weighted by Gasteiger charge is -2.28. The summed E-state index contributed by atoms with van der Waals surface area (Å²) in [6.45, 7) is 7.39. The van der Waals surface area contributed by atoms with Crippen LogP contribution in [-0.4, -0.2) is 5.54 Å². The highest BCUT2D eigenvalue weighted by atomic mass is 32.1. The van der Waals surface area contributed by atoms with Crippen molar-refractivity contribution in [3.05, 3.63) is 47.1 Å². The van der Waals surface area contributed by atoms with Gasteiger partial charge >= 0.3 is 0 Å². The first-order valence-electron chi connectivity index (χ1n) is 7.15. The Balaban J connectivity index is 2.16. The molecule has 20 heavy (non-hydrogen) atoms. The highest BCUT2D eigenvalue weighted by molar-refractivity contribution is 7.13. The number of benzene rings is 1. The number of hydrogen-bond donors (Lipinski definition) is 1. The fourth-order valence-corrected chi connectivity index (χ4v) is 2.86. The second-order valence-electron chi connectivity index (χ2n) is 5.41. The molecular weight excluding hydrogens is 269 g/mol. The van der Waals surface area contributed by atoms with Gasteiger partial charge in [0, 0.05) is 22.5 Å². The maximum atomic E-state index is 13.9. The summed E-state index contributed by atoms with van der Waals surface area (Å²) in [7, 11) is 0. The van der Waals surface area contributed by atoms with Crippen LogP contribution in [0.15, 0.2) is 35.7 Å². The minimum absolute atomic E-state index is 0.148. The van der Waals surface area contributed by atoms with Gasteiger partial charge in [0.2, 0.25) is 0 Å². The first-order valence-corrected chi connectivity index (χ1v) is 8.03. The Hall–Kier alpha value is -1.19. The first-order chi connectivity index (χ1) is 9.58. The van der Waals surface area contributed by atoms with E-state index >= 15 is 0 Å². The quantitative estimate of drug-likeness (QED) is 0.769. The van der Waals surface area contributed by atoms with Crippen molar-refractivity contribution in [1.82, 2.24) is 5.32 Å². The topological polar surface area (TPSA) is 12.0 Å². The summed E-state index contributed by atoms with van der Waals surface area (Å²) in [5.41, 5.74) is 1.98. The van der Waals surface area contributed by atoms with E-state index in [9.17, 15) is 4.39 Å². The highest BCUT2D eigenvalue weighted by Gasteiger charge is 2.18. The monoisotopic (exact) mass is 291 g/mol. The molecule has 1 heterocycles. The molecule has 0 aliphatic carbocycles. The molecule has 1 aromatic carbocycles. The summed E-state index contributed by atoms with van der Waals surface area (Å²) in [6, 6.07) is 9.31. The third-order valence-electron chi connectivity index (χ3n) is 4.10. The van der Waals surface area contributed by atoms with E-state index in [1.165, 1.54) is 0 Å². The molecular formula is C17H22FNS. The second kappa shape index (κ2) is 6.51. The van der Waals surface area contributed by atoms with E-state index in [0.29, 0.717) is 5.56 Å². The average molecular weight is 291 g/mol. The summed E-state index contributed by atoms with van der Waals surface area (Å²) in [4.78, 5) is 0.984. The molecule has 0 amide bonds. The van der Waals surface area contributed by atoms with E-state index in [0.717, 1.165) is 29.8 Å². The Kier molecular flexibility index (Phi) is 4.95. The van der Waals surface area contributed by atoms with E-state index in [2.05, 4.69) is 26.1 Å². The van der Waals surface area contributed by atoms with Gasteiger partial charge in [0.15, 0.2) is 0 Å². The lowest BCUT2D eigenvalue weighted by Crippen LogP contribution is -2.40. The van der Waals surface area contributed by atoms with Crippen LogP contribution in [-0.2, 0) is 6.54 Å². The van der Waals surface area contributed by atoms with Crippen LogP contribution in [0, 0.1) is 5.82 Å². The van der Waals surface area contributed by atoms with Crippen molar-refractivity contribution in [3.8, 4) is 10.4 Å². The first kappa shape index (κ1) is 15.2. The molecule has 0 spiro atoms. The molecule has 1 aromatic heterocycles. The average Bonchev–Trinajstić information content (AvgIpc) is 3.00. The summed E-state index contributed by atoms with van der Waals surface area (Å²) < 4.78 is 13.9. The van der Waals surface area contributed by atoms with Gasteiger partial charge in [-0.15, -0.1) is 11.3 Å². The normalized spacial score (nSPS) is 11.8. The van der Waals surface area contributed by atoms with Crippen LogP contribution < -0.4 is 5.32 Å². The standard InChI is InChI=1S/C17H22FNS/c1-4-17(3,5-2)19-12-13-8-9-15(18)14(11-13)16-7-6-10-20-16/h6-11,19H,4-5,12H2,1-3H3. The van der Waals surface area contributed by atoms with Crippen LogP contribution in [0.4, 0.5) is 4.39 Å². The Bertz CT molecular complexity index is 544. The van der Waals surface area contributed by atoms with Gasteiger partial charge in [-0.1, -0.05) is 26.0 Å². The van der Waals surface area contributed by atoms with Crippen LogP contribution in [0.1, 0.15) is 39.2 Å². The van der Waals surface area contributed by atoms with Crippen LogP contribution in [0.5, 0.6) is 0 Å². The van der Waals surface area contributed by atoms with E-state index < -0.39 is 0 Å². The van der Waals surface area contributed by atoms with Crippen molar-refractivity contribution in [1.29, 1.82) is 0 Å². The molecule has 2 aromatic rings. The zero-order chi connectivity index (χ0) is 14.6. The van der Waals surface area contributed by atoms with Gasteiger partial charge in [-0.25, -0.2) is 4.39 Å². The predicted octanol–water partition coefficient (Wildman–Crippen LogP) is 5.22. The fraction of sp³-hybridized carbons (Fsp3) is 0.412. The molecule has 1 N–H and O–H groups in total. The van der Waals surface area contributed by atoms with Gasteiger partial charge in [-0.2, -0.15) is 0 Å². The van der Waals surface area contributed by atoms with Gasteiger partial charge in [-0.05, 0) is 48.9 Å². The minimum atomic E-state index is -0.148. The summed E-state index contributed by atoms with van der Waals surface area (Å²) in [6.07, 6.45) is 2.17. The molecule has 3 heteroatoms. The van der Waals surface area contributed by atoms with Crippen LogP contribution in [0.25, 0.3) is 10.4 Å². The van der Waals surface area contributed by atoms with Crippen molar-refractivity contribution in [3.63, 3.8) is 0 Å². The largest absolute Gasteiger partial charge is 0.307 e. The van der Waals surface area contributed by atoms with Crippen LogP contribution >= 0.6 is 11.3 Å². The maximum Gasteiger partial charge on any atom is 0.131 e. The highest BCUT2D eigenvalue weighted by Crippen LogP contribution is 2.28. The Morgan fingerprint density at radius 1 is 1.20 bits per heavy atom. The molecule has 0 aliphatic heterocycles. The van der Waals surface area contributed by atoms with E-state index in [1.54, 1.807) is 17.4 Å². The van der Waals surface area contributed by atoms with E-state index in [1.807, 2.05) is 29.6 Å². The minimum Gasteiger partial charge on any atom is -0.307 e. The molecule has 0 radical (unpaired) electrons. The van der Waals surface area contributed by atoms with E-state index in [4.69, 9.17) is 0 Å². The van der Waals surface area contributed by atoms with Gasteiger partial charge < -0.3 is 5.32 Å². The predicted molar refractivity (Wildman–Crippen MR) is 85.5 cm³/mol. The summed E-state index contributed by atoms with van der Waals surface area (Å²) in [5.74, 6) is -0.148. The fourth-order valence-electron chi connectivity index (χ4n) is 2.12. The molecule has 0 saturated carbocycles. The van der Waals surface area contributed by atoms with Crippen molar-refractivity contribution in [2.45, 2.75) is 45.7 Å². The van der Waals surface area contributed by atoms with E-state index in [-0.39, 0.29) is 11.4 Å². The number of halogens is 1. The van der Waals surface area contributed by atoms with Gasteiger partial charge in [0.05, 0.1) is 0 Å². The molecule has 0 bridgehead atoms. The SMILES string of the molecule is CCC(C)(CC)NCc1ccc(F)c(-c2cccs2)c1. The van der Waals surface area contributed by atoms with Crippen molar-refractivity contribution >= 4 is 11.3 Å². The molecule has 0 fully saturated rings. The van der Waals surface area contributed by atoms with Crippen molar-refractivity contribution < 1.29 is 4.39 Å².